The Hall–Kier alpha value is -1.94. The number of fused-ring (bicyclic) bond motifs is 1. The SMILES string of the molecule is CC.Cc1cc(C)c2ccc(C(=O)NCCN)cc2n1. The highest BCUT2D eigenvalue weighted by Crippen LogP contribution is 2.19. The van der Waals surface area contributed by atoms with Crippen molar-refractivity contribution in [2.45, 2.75) is 27.7 Å². The number of aromatic nitrogens is 1. The molecule has 0 saturated carbocycles. The van der Waals surface area contributed by atoms with E-state index >= 15 is 0 Å². The molecule has 0 saturated heterocycles. The van der Waals surface area contributed by atoms with Crippen molar-refractivity contribution in [2.75, 3.05) is 13.1 Å². The van der Waals surface area contributed by atoms with Crippen molar-refractivity contribution in [3.05, 3.63) is 41.1 Å². The molecule has 0 fully saturated rings. The number of carbonyl (C=O) groups excluding carboxylic acids is 1. The van der Waals surface area contributed by atoms with E-state index in [1.54, 1.807) is 0 Å². The number of hydrogen-bond acceptors (Lipinski definition) is 3. The molecule has 3 N–H and O–H groups in total. The van der Waals surface area contributed by atoms with E-state index in [0.29, 0.717) is 18.7 Å². The molecule has 0 radical (unpaired) electrons. The minimum Gasteiger partial charge on any atom is -0.351 e. The smallest absolute Gasteiger partial charge is 0.251 e. The second kappa shape index (κ2) is 7.60. The summed E-state index contributed by atoms with van der Waals surface area (Å²) in [6, 6.07) is 7.62. The summed E-state index contributed by atoms with van der Waals surface area (Å²) in [6.45, 7) is 8.92. The van der Waals surface area contributed by atoms with Crippen LogP contribution in [0.15, 0.2) is 24.3 Å². The maximum Gasteiger partial charge on any atom is 0.251 e. The van der Waals surface area contributed by atoms with Gasteiger partial charge in [-0.2, -0.15) is 0 Å². The van der Waals surface area contributed by atoms with E-state index in [1.807, 2.05) is 52.0 Å². The Balaban J connectivity index is 0.000000956. The van der Waals surface area contributed by atoms with Gasteiger partial charge in [-0.15, -0.1) is 0 Å². The van der Waals surface area contributed by atoms with Crippen LogP contribution in [0.1, 0.15) is 35.5 Å². The Kier molecular flexibility index (Phi) is 6.12. The largest absolute Gasteiger partial charge is 0.351 e. The first kappa shape index (κ1) is 16.1. The van der Waals surface area contributed by atoms with Crippen LogP contribution in [0, 0.1) is 13.8 Å². The third kappa shape index (κ3) is 3.78. The van der Waals surface area contributed by atoms with Crippen molar-refractivity contribution < 1.29 is 4.79 Å². The van der Waals surface area contributed by atoms with Gasteiger partial charge in [-0.25, -0.2) is 0 Å². The standard InChI is InChI=1S/C14H17N3O.C2H6/c1-9-7-10(2)17-13-8-11(3-4-12(9)13)14(18)16-6-5-15;1-2/h3-4,7-8H,5-6,15H2,1-2H3,(H,16,18);1-2H3. The lowest BCUT2D eigenvalue weighted by atomic mass is 10.1. The number of amides is 1. The molecular weight excluding hydrogens is 250 g/mol. The molecule has 4 heteroatoms. The van der Waals surface area contributed by atoms with Crippen molar-refractivity contribution in [1.29, 1.82) is 0 Å². The first-order valence-electron chi connectivity index (χ1n) is 6.98. The van der Waals surface area contributed by atoms with E-state index in [-0.39, 0.29) is 5.91 Å². The van der Waals surface area contributed by atoms with Crippen molar-refractivity contribution in [3.8, 4) is 0 Å². The molecule has 0 spiro atoms. The molecule has 0 aliphatic heterocycles. The number of benzene rings is 1. The second-order valence-electron chi connectivity index (χ2n) is 4.36. The van der Waals surface area contributed by atoms with E-state index in [9.17, 15) is 4.79 Å². The first-order valence-corrected chi connectivity index (χ1v) is 6.98. The number of pyridine rings is 1. The lowest BCUT2D eigenvalue weighted by Crippen LogP contribution is -2.28. The van der Waals surface area contributed by atoms with Gasteiger partial charge in [0, 0.05) is 29.7 Å². The molecule has 20 heavy (non-hydrogen) atoms. The fraction of sp³-hybridized carbons (Fsp3) is 0.375. The quantitative estimate of drug-likeness (QED) is 0.903. The Bertz CT molecular complexity index is 594. The molecule has 2 aromatic rings. The lowest BCUT2D eigenvalue weighted by Gasteiger charge is -2.07. The molecule has 0 aliphatic carbocycles. The molecule has 4 nitrogen and oxygen atoms in total. The van der Waals surface area contributed by atoms with Crippen LogP contribution in [0.5, 0.6) is 0 Å². The summed E-state index contributed by atoms with van der Waals surface area (Å²) in [4.78, 5) is 16.3. The maximum atomic E-state index is 11.8. The van der Waals surface area contributed by atoms with Crippen LogP contribution in [0.3, 0.4) is 0 Å². The molecule has 1 aromatic heterocycles. The van der Waals surface area contributed by atoms with Gasteiger partial charge in [-0.05, 0) is 37.6 Å². The molecule has 1 heterocycles. The Labute approximate surface area is 120 Å². The molecule has 0 unspecified atom stereocenters. The van der Waals surface area contributed by atoms with E-state index in [1.165, 1.54) is 5.56 Å². The molecule has 1 aromatic carbocycles. The Morgan fingerprint density at radius 1 is 1.25 bits per heavy atom. The minimum absolute atomic E-state index is 0.108. The maximum absolute atomic E-state index is 11.8. The van der Waals surface area contributed by atoms with E-state index < -0.39 is 0 Å². The van der Waals surface area contributed by atoms with E-state index in [0.717, 1.165) is 16.6 Å². The highest BCUT2D eigenvalue weighted by atomic mass is 16.1. The number of nitrogens with one attached hydrogen (secondary N) is 1. The van der Waals surface area contributed by atoms with Crippen molar-refractivity contribution in [3.63, 3.8) is 0 Å². The molecule has 2 rings (SSSR count). The third-order valence-electron chi connectivity index (χ3n) is 2.84. The van der Waals surface area contributed by atoms with E-state index in [2.05, 4.69) is 10.3 Å². The van der Waals surface area contributed by atoms with Crippen LogP contribution in [-0.2, 0) is 0 Å². The first-order chi connectivity index (χ1) is 9.61. The number of nitrogens with two attached hydrogens (primary N) is 1. The van der Waals surface area contributed by atoms with Gasteiger partial charge in [0.25, 0.3) is 5.91 Å². The fourth-order valence-electron chi connectivity index (χ4n) is 2.00. The van der Waals surface area contributed by atoms with Gasteiger partial charge in [0.15, 0.2) is 0 Å². The second-order valence-corrected chi connectivity index (χ2v) is 4.36. The number of nitrogens with zero attached hydrogens (tertiary/aromatic N) is 1. The van der Waals surface area contributed by atoms with Crippen molar-refractivity contribution in [1.82, 2.24) is 10.3 Å². The fourth-order valence-corrected chi connectivity index (χ4v) is 2.00. The molecular formula is C16H23N3O. The monoisotopic (exact) mass is 273 g/mol. The van der Waals surface area contributed by atoms with Gasteiger partial charge in [-0.1, -0.05) is 19.9 Å². The Morgan fingerprint density at radius 2 is 1.95 bits per heavy atom. The minimum atomic E-state index is -0.108. The summed E-state index contributed by atoms with van der Waals surface area (Å²) in [7, 11) is 0. The molecule has 0 bridgehead atoms. The van der Waals surface area contributed by atoms with Gasteiger partial charge < -0.3 is 11.1 Å². The predicted octanol–water partition coefficient (Wildman–Crippen LogP) is 2.57. The summed E-state index contributed by atoms with van der Waals surface area (Å²) < 4.78 is 0. The van der Waals surface area contributed by atoms with Crippen LogP contribution in [-0.4, -0.2) is 24.0 Å². The Morgan fingerprint density at radius 3 is 2.60 bits per heavy atom. The van der Waals surface area contributed by atoms with E-state index in [4.69, 9.17) is 5.73 Å². The van der Waals surface area contributed by atoms with Crippen LogP contribution < -0.4 is 11.1 Å². The summed E-state index contributed by atoms with van der Waals surface area (Å²) in [5.41, 5.74) is 8.96. The summed E-state index contributed by atoms with van der Waals surface area (Å²) >= 11 is 0. The van der Waals surface area contributed by atoms with Crippen molar-refractivity contribution in [2.24, 2.45) is 5.73 Å². The predicted molar refractivity (Wildman–Crippen MR) is 84.0 cm³/mol. The zero-order valence-corrected chi connectivity index (χ0v) is 12.7. The summed E-state index contributed by atoms with van der Waals surface area (Å²) in [5, 5.41) is 3.83. The zero-order valence-electron chi connectivity index (χ0n) is 12.7. The molecule has 0 aliphatic rings. The average molecular weight is 273 g/mol. The average Bonchev–Trinajstić information content (AvgIpc) is 2.46. The normalized spacial score (nSPS) is 9.85. The number of hydrogen-bond donors (Lipinski definition) is 2. The third-order valence-corrected chi connectivity index (χ3v) is 2.84. The highest BCUT2D eigenvalue weighted by molar-refractivity contribution is 5.98. The van der Waals surface area contributed by atoms with Crippen LogP contribution in [0.4, 0.5) is 0 Å². The lowest BCUT2D eigenvalue weighted by molar-refractivity contribution is 0.0955. The zero-order chi connectivity index (χ0) is 15.1. The van der Waals surface area contributed by atoms with Crippen LogP contribution in [0.2, 0.25) is 0 Å². The number of carbonyl (C=O) groups is 1. The van der Waals surface area contributed by atoms with Crippen LogP contribution in [0.25, 0.3) is 10.9 Å². The molecule has 0 atom stereocenters. The molecule has 108 valence electrons. The van der Waals surface area contributed by atoms with Gasteiger partial charge in [0.05, 0.1) is 5.52 Å². The molecule has 1 amide bonds. The van der Waals surface area contributed by atoms with Gasteiger partial charge in [0.1, 0.15) is 0 Å². The number of aryl methyl sites for hydroxylation is 2. The number of rotatable bonds is 3. The van der Waals surface area contributed by atoms with Gasteiger partial charge in [0.2, 0.25) is 0 Å². The summed E-state index contributed by atoms with van der Waals surface area (Å²) in [6.07, 6.45) is 0. The van der Waals surface area contributed by atoms with Gasteiger partial charge in [-0.3, -0.25) is 9.78 Å². The van der Waals surface area contributed by atoms with Crippen LogP contribution >= 0.6 is 0 Å². The highest BCUT2D eigenvalue weighted by Gasteiger charge is 2.07. The van der Waals surface area contributed by atoms with Crippen molar-refractivity contribution >= 4 is 16.8 Å². The topological polar surface area (TPSA) is 68.0 Å². The summed E-state index contributed by atoms with van der Waals surface area (Å²) in [5.74, 6) is -0.108. The van der Waals surface area contributed by atoms with Gasteiger partial charge >= 0.3 is 0 Å².